The van der Waals surface area contributed by atoms with Crippen LogP contribution in [0.15, 0.2) is 0 Å². The van der Waals surface area contributed by atoms with E-state index in [4.69, 9.17) is 0 Å². The van der Waals surface area contributed by atoms with Crippen LogP contribution in [0.4, 0.5) is 0 Å². The van der Waals surface area contributed by atoms with E-state index in [0.29, 0.717) is 5.41 Å². The molecule has 2 aliphatic heterocycles. The molecule has 0 bridgehead atoms. The molecule has 2 rings (SSSR count). The highest BCUT2D eigenvalue weighted by Crippen LogP contribution is 2.29. The molecule has 3 heteroatoms. The second kappa shape index (κ2) is 1.48. The van der Waals surface area contributed by atoms with Crippen LogP contribution in [-0.4, -0.2) is 25.5 Å². The zero-order valence-corrected chi connectivity index (χ0v) is 5.24. The second-order valence-electron chi connectivity index (χ2n) is 3.06. The average Bonchev–Trinajstić information content (AvgIpc) is 2.09. The van der Waals surface area contributed by atoms with Crippen molar-refractivity contribution in [3.8, 4) is 0 Å². The second-order valence-corrected chi connectivity index (χ2v) is 3.06. The molecular formula is C6H10N2O. The molecule has 2 aliphatic rings. The largest absolute Gasteiger partial charge is 0.355 e. The molecule has 3 nitrogen and oxygen atoms in total. The van der Waals surface area contributed by atoms with Crippen LogP contribution >= 0.6 is 0 Å². The maximum atomic E-state index is 10.7. The van der Waals surface area contributed by atoms with E-state index in [0.717, 1.165) is 26.1 Å². The van der Waals surface area contributed by atoms with Gasteiger partial charge in [-0.2, -0.15) is 0 Å². The van der Waals surface area contributed by atoms with Gasteiger partial charge in [-0.05, 0) is 0 Å². The maximum Gasteiger partial charge on any atom is 0.220 e. The third kappa shape index (κ3) is 0.645. The smallest absolute Gasteiger partial charge is 0.220 e. The molecule has 0 saturated carbocycles. The Morgan fingerprint density at radius 3 is 2.33 bits per heavy atom. The number of rotatable bonds is 0. The van der Waals surface area contributed by atoms with Gasteiger partial charge >= 0.3 is 0 Å². The molecule has 0 unspecified atom stereocenters. The van der Waals surface area contributed by atoms with Gasteiger partial charge in [-0.15, -0.1) is 0 Å². The van der Waals surface area contributed by atoms with Crippen LogP contribution in [0.2, 0.25) is 0 Å². The van der Waals surface area contributed by atoms with E-state index in [2.05, 4.69) is 10.6 Å². The number of nitrogens with one attached hydrogen (secondary N) is 2. The molecule has 0 atom stereocenters. The third-order valence-corrected chi connectivity index (χ3v) is 2.20. The molecule has 0 aliphatic carbocycles. The Balaban J connectivity index is 2.07. The van der Waals surface area contributed by atoms with Crippen molar-refractivity contribution in [3.05, 3.63) is 0 Å². The SMILES string of the molecule is O=C1CC2(CNC2)CN1. The Labute approximate surface area is 53.8 Å². The van der Waals surface area contributed by atoms with Crippen LogP contribution in [0.5, 0.6) is 0 Å². The average molecular weight is 126 g/mol. The van der Waals surface area contributed by atoms with Crippen LogP contribution in [0.1, 0.15) is 6.42 Å². The van der Waals surface area contributed by atoms with Crippen molar-refractivity contribution in [1.82, 2.24) is 10.6 Å². The van der Waals surface area contributed by atoms with Crippen LogP contribution < -0.4 is 10.6 Å². The quantitative estimate of drug-likeness (QED) is 0.441. The van der Waals surface area contributed by atoms with Gasteiger partial charge in [-0.1, -0.05) is 0 Å². The van der Waals surface area contributed by atoms with Crippen LogP contribution in [0, 0.1) is 5.41 Å². The van der Waals surface area contributed by atoms with E-state index in [1.54, 1.807) is 0 Å². The molecule has 2 saturated heterocycles. The summed E-state index contributed by atoms with van der Waals surface area (Å²) in [5, 5.41) is 6.01. The normalized spacial score (nSPS) is 30.0. The molecule has 0 aromatic carbocycles. The Morgan fingerprint density at radius 1 is 1.33 bits per heavy atom. The van der Waals surface area contributed by atoms with E-state index in [1.165, 1.54) is 0 Å². The van der Waals surface area contributed by atoms with Gasteiger partial charge in [-0.3, -0.25) is 4.79 Å². The number of carbonyl (C=O) groups excluding carboxylic acids is 1. The summed E-state index contributed by atoms with van der Waals surface area (Å²) in [6.07, 6.45) is 0.736. The minimum atomic E-state index is 0.219. The molecule has 0 radical (unpaired) electrons. The van der Waals surface area contributed by atoms with Crippen LogP contribution in [0.25, 0.3) is 0 Å². The number of hydrogen-bond donors (Lipinski definition) is 2. The minimum absolute atomic E-state index is 0.219. The summed E-state index contributed by atoms with van der Waals surface area (Å²) >= 11 is 0. The molecule has 0 aromatic rings. The molecular weight excluding hydrogens is 116 g/mol. The van der Waals surface area contributed by atoms with Crippen molar-refractivity contribution in [2.24, 2.45) is 5.41 Å². The van der Waals surface area contributed by atoms with E-state index < -0.39 is 0 Å². The third-order valence-electron chi connectivity index (χ3n) is 2.20. The van der Waals surface area contributed by atoms with Crippen LogP contribution in [0.3, 0.4) is 0 Å². The highest BCUT2D eigenvalue weighted by Gasteiger charge is 2.43. The van der Waals surface area contributed by atoms with Gasteiger partial charge in [0.2, 0.25) is 5.91 Å². The molecule has 50 valence electrons. The first-order valence-corrected chi connectivity index (χ1v) is 3.28. The van der Waals surface area contributed by atoms with Gasteiger partial charge in [-0.25, -0.2) is 0 Å². The summed E-state index contributed by atoms with van der Waals surface area (Å²) in [6.45, 7) is 2.93. The van der Waals surface area contributed by atoms with Crippen molar-refractivity contribution in [1.29, 1.82) is 0 Å². The predicted octanol–water partition coefficient (Wildman–Crippen LogP) is -0.904. The van der Waals surface area contributed by atoms with Gasteiger partial charge in [0.15, 0.2) is 0 Å². The summed E-state index contributed by atoms with van der Waals surface area (Å²) < 4.78 is 0. The van der Waals surface area contributed by atoms with Crippen molar-refractivity contribution in [2.75, 3.05) is 19.6 Å². The lowest BCUT2D eigenvalue weighted by atomic mass is 9.81. The van der Waals surface area contributed by atoms with Gasteiger partial charge in [0.05, 0.1) is 0 Å². The Hall–Kier alpha value is -0.570. The zero-order chi connectivity index (χ0) is 6.32. The van der Waals surface area contributed by atoms with Gasteiger partial charge in [0.1, 0.15) is 0 Å². The summed E-state index contributed by atoms with van der Waals surface area (Å²) in [5.41, 5.74) is 0.317. The number of amides is 1. The monoisotopic (exact) mass is 126 g/mol. The summed E-state index contributed by atoms with van der Waals surface area (Å²) in [6, 6.07) is 0. The predicted molar refractivity (Wildman–Crippen MR) is 32.9 cm³/mol. The molecule has 2 heterocycles. The first kappa shape index (κ1) is 5.23. The van der Waals surface area contributed by atoms with Crippen molar-refractivity contribution in [2.45, 2.75) is 6.42 Å². The van der Waals surface area contributed by atoms with Gasteiger partial charge < -0.3 is 10.6 Å². The zero-order valence-electron chi connectivity index (χ0n) is 5.24. The fraction of sp³-hybridized carbons (Fsp3) is 0.833. The molecule has 1 amide bonds. The highest BCUT2D eigenvalue weighted by atomic mass is 16.1. The van der Waals surface area contributed by atoms with Crippen molar-refractivity contribution >= 4 is 5.91 Å². The Bertz CT molecular complexity index is 151. The Kier molecular flexibility index (Phi) is 0.858. The molecule has 1 spiro atoms. The van der Waals surface area contributed by atoms with E-state index >= 15 is 0 Å². The summed E-state index contributed by atoms with van der Waals surface area (Å²) in [4.78, 5) is 10.7. The van der Waals surface area contributed by atoms with E-state index in [-0.39, 0.29) is 5.91 Å². The molecule has 0 aromatic heterocycles. The van der Waals surface area contributed by atoms with E-state index in [9.17, 15) is 4.79 Å². The maximum absolute atomic E-state index is 10.7. The van der Waals surface area contributed by atoms with E-state index in [1.807, 2.05) is 0 Å². The molecule has 2 fully saturated rings. The lowest BCUT2D eigenvalue weighted by Crippen LogP contribution is -2.54. The topological polar surface area (TPSA) is 41.1 Å². The summed E-state index contributed by atoms with van der Waals surface area (Å²) in [7, 11) is 0. The van der Waals surface area contributed by atoms with Crippen molar-refractivity contribution < 1.29 is 4.79 Å². The van der Waals surface area contributed by atoms with Gasteiger partial charge in [0, 0.05) is 31.5 Å². The first-order chi connectivity index (χ1) is 4.31. The molecule has 2 N–H and O–H groups in total. The van der Waals surface area contributed by atoms with Gasteiger partial charge in [0.25, 0.3) is 0 Å². The highest BCUT2D eigenvalue weighted by molar-refractivity contribution is 5.79. The fourth-order valence-electron chi connectivity index (χ4n) is 1.48. The minimum Gasteiger partial charge on any atom is -0.355 e. The van der Waals surface area contributed by atoms with Crippen LogP contribution in [-0.2, 0) is 4.79 Å². The standard InChI is InChI=1S/C6H10N2O/c9-5-1-6(4-8-5)2-7-3-6/h7H,1-4H2,(H,8,9). The lowest BCUT2D eigenvalue weighted by Gasteiger charge is -2.37. The summed E-state index contributed by atoms with van der Waals surface area (Å²) in [5.74, 6) is 0.219. The lowest BCUT2D eigenvalue weighted by molar-refractivity contribution is -0.119. The molecule has 9 heavy (non-hydrogen) atoms. The first-order valence-electron chi connectivity index (χ1n) is 3.28. The number of carbonyl (C=O) groups is 1. The van der Waals surface area contributed by atoms with Crippen molar-refractivity contribution in [3.63, 3.8) is 0 Å². The fourth-order valence-corrected chi connectivity index (χ4v) is 1.48. The Morgan fingerprint density at radius 2 is 2.11 bits per heavy atom. The number of hydrogen-bond acceptors (Lipinski definition) is 2.